The standard InChI is InChI=1S/C24H27ClN4O4/c1-24(2,13-21(30)26-18-12-16(25)10-11-20(18)33-4)14-22(31)27-19-15-28(3)29(23(19)32)17-8-6-5-7-9-17/h5-12,15H,13-14H2,1-4H3,(H,26,30)(H,27,31). The maximum atomic E-state index is 12.8. The van der Waals surface area contributed by atoms with Gasteiger partial charge in [0.1, 0.15) is 11.4 Å². The molecule has 2 amide bonds. The minimum atomic E-state index is -0.660. The lowest BCUT2D eigenvalue weighted by atomic mass is 9.85. The number of hydrogen-bond donors (Lipinski definition) is 2. The molecule has 0 atom stereocenters. The first-order valence-corrected chi connectivity index (χ1v) is 10.7. The first kappa shape index (κ1) is 24.1. The van der Waals surface area contributed by atoms with E-state index in [1.807, 2.05) is 44.2 Å². The van der Waals surface area contributed by atoms with E-state index in [9.17, 15) is 14.4 Å². The normalized spacial score (nSPS) is 11.2. The van der Waals surface area contributed by atoms with Gasteiger partial charge in [0, 0.05) is 24.9 Å². The number of aromatic nitrogens is 2. The van der Waals surface area contributed by atoms with Crippen molar-refractivity contribution in [2.45, 2.75) is 26.7 Å². The van der Waals surface area contributed by atoms with Gasteiger partial charge in [0.25, 0.3) is 5.56 Å². The van der Waals surface area contributed by atoms with Crippen LogP contribution in [0.3, 0.4) is 0 Å². The van der Waals surface area contributed by atoms with Crippen molar-refractivity contribution < 1.29 is 14.3 Å². The van der Waals surface area contributed by atoms with Crippen LogP contribution < -0.4 is 20.9 Å². The average Bonchev–Trinajstić information content (AvgIpc) is 3.00. The van der Waals surface area contributed by atoms with Gasteiger partial charge in [-0.25, -0.2) is 4.68 Å². The second-order valence-electron chi connectivity index (χ2n) is 8.53. The van der Waals surface area contributed by atoms with Crippen LogP contribution in [-0.4, -0.2) is 28.3 Å². The second-order valence-corrected chi connectivity index (χ2v) is 8.96. The van der Waals surface area contributed by atoms with Crippen molar-refractivity contribution in [3.63, 3.8) is 0 Å². The molecule has 0 saturated heterocycles. The van der Waals surface area contributed by atoms with Crippen LogP contribution in [0.4, 0.5) is 11.4 Å². The van der Waals surface area contributed by atoms with Crippen molar-refractivity contribution in [1.29, 1.82) is 0 Å². The molecule has 3 aromatic rings. The quantitative estimate of drug-likeness (QED) is 0.515. The van der Waals surface area contributed by atoms with Crippen LogP contribution in [0.25, 0.3) is 5.69 Å². The summed E-state index contributed by atoms with van der Waals surface area (Å²) >= 11 is 6.01. The van der Waals surface area contributed by atoms with Gasteiger partial charge >= 0.3 is 0 Å². The molecular formula is C24H27ClN4O4. The molecule has 2 aromatic carbocycles. The second kappa shape index (κ2) is 9.95. The smallest absolute Gasteiger partial charge is 0.295 e. The van der Waals surface area contributed by atoms with Gasteiger partial charge in [-0.05, 0) is 35.7 Å². The Morgan fingerprint density at radius 1 is 1.00 bits per heavy atom. The minimum Gasteiger partial charge on any atom is -0.495 e. The van der Waals surface area contributed by atoms with Gasteiger partial charge in [0.15, 0.2) is 0 Å². The highest BCUT2D eigenvalue weighted by atomic mass is 35.5. The summed E-state index contributed by atoms with van der Waals surface area (Å²) in [4.78, 5) is 38.1. The molecule has 9 heteroatoms. The molecule has 2 N–H and O–H groups in total. The van der Waals surface area contributed by atoms with E-state index in [4.69, 9.17) is 16.3 Å². The lowest BCUT2D eigenvalue weighted by Gasteiger charge is -2.23. The number of rotatable bonds is 8. The van der Waals surface area contributed by atoms with Gasteiger partial charge in [-0.3, -0.25) is 19.1 Å². The molecule has 0 aliphatic heterocycles. The van der Waals surface area contributed by atoms with E-state index in [1.54, 1.807) is 36.1 Å². The van der Waals surface area contributed by atoms with E-state index in [2.05, 4.69) is 10.6 Å². The van der Waals surface area contributed by atoms with Crippen LogP contribution in [-0.2, 0) is 16.6 Å². The Balaban J connectivity index is 1.65. The zero-order chi connectivity index (χ0) is 24.2. The number of aryl methyl sites for hydroxylation is 1. The molecule has 0 radical (unpaired) electrons. The number of nitrogens with zero attached hydrogens (tertiary/aromatic N) is 2. The Bertz CT molecular complexity index is 1210. The molecule has 0 saturated carbocycles. The number of amides is 2. The van der Waals surface area contributed by atoms with E-state index < -0.39 is 5.41 Å². The fourth-order valence-corrected chi connectivity index (χ4v) is 3.78. The van der Waals surface area contributed by atoms with Crippen molar-refractivity contribution in [2.75, 3.05) is 17.7 Å². The Morgan fingerprint density at radius 3 is 2.21 bits per heavy atom. The van der Waals surface area contributed by atoms with Gasteiger partial charge in [0.2, 0.25) is 11.8 Å². The highest BCUT2D eigenvalue weighted by Crippen LogP contribution is 2.30. The SMILES string of the molecule is COc1ccc(Cl)cc1NC(=O)CC(C)(C)CC(=O)Nc1cn(C)n(-c2ccccc2)c1=O. The van der Waals surface area contributed by atoms with Crippen LogP contribution in [0, 0.1) is 5.41 Å². The van der Waals surface area contributed by atoms with Gasteiger partial charge in [-0.2, -0.15) is 0 Å². The predicted octanol–water partition coefficient (Wildman–Crippen LogP) is 4.22. The third-order valence-corrected chi connectivity index (χ3v) is 5.28. The molecule has 0 aliphatic rings. The number of nitrogens with one attached hydrogen (secondary N) is 2. The largest absolute Gasteiger partial charge is 0.495 e. The highest BCUT2D eigenvalue weighted by molar-refractivity contribution is 6.31. The molecule has 33 heavy (non-hydrogen) atoms. The molecular weight excluding hydrogens is 444 g/mol. The number of ether oxygens (including phenoxy) is 1. The summed E-state index contributed by atoms with van der Waals surface area (Å²) in [5, 5.41) is 5.93. The van der Waals surface area contributed by atoms with Gasteiger partial charge in [-0.1, -0.05) is 43.6 Å². The average molecular weight is 471 g/mol. The molecule has 0 aliphatic carbocycles. The van der Waals surface area contributed by atoms with Crippen molar-refractivity contribution in [3.8, 4) is 11.4 Å². The third-order valence-electron chi connectivity index (χ3n) is 5.04. The van der Waals surface area contributed by atoms with E-state index in [1.165, 1.54) is 11.8 Å². The summed E-state index contributed by atoms with van der Waals surface area (Å²) in [6.07, 6.45) is 1.70. The third kappa shape index (κ3) is 6.04. The fraction of sp³-hybridized carbons (Fsp3) is 0.292. The van der Waals surface area contributed by atoms with Crippen LogP contribution in [0.1, 0.15) is 26.7 Å². The molecule has 0 fully saturated rings. The number of anilines is 2. The molecule has 1 heterocycles. The monoisotopic (exact) mass is 470 g/mol. The molecule has 1 aromatic heterocycles. The molecule has 174 valence electrons. The molecule has 8 nitrogen and oxygen atoms in total. The van der Waals surface area contributed by atoms with Gasteiger partial charge in [-0.15, -0.1) is 0 Å². The molecule has 0 unspecified atom stereocenters. The van der Waals surface area contributed by atoms with Crippen molar-refractivity contribution >= 4 is 34.8 Å². The van der Waals surface area contributed by atoms with Crippen LogP contribution in [0.2, 0.25) is 5.02 Å². The summed E-state index contributed by atoms with van der Waals surface area (Å²) < 4.78 is 8.33. The van der Waals surface area contributed by atoms with Crippen molar-refractivity contribution in [2.24, 2.45) is 12.5 Å². The number of hydrogen-bond acceptors (Lipinski definition) is 4. The van der Waals surface area contributed by atoms with E-state index >= 15 is 0 Å². The summed E-state index contributed by atoms with van der Waals surface area (Å²) in [5.74, 6) is -0.141. The van der Waals surface area contributed by atoms with Crippen LogP contribution in [0.5, 0.6) is 5.75 Å². The zero-order valence-corrected chi connectivity index (χ0v) is 19.8. The van der Waals surface area contributed by atoms with Gasteiger partial charge < -0.3 is 15.4 Å². The first-order valence-electron chi connectivity index (χ1n) is 10.4. The van der Waals surface area contributed by atoms with Gasteiger partial charge in [0.05, 0.1) is 24.7 Å². The lowest BCUT2D eigenvalue weighted by molar-refractivity contribution is -0.120. The topological polar surface area (TPSA) is 94.4 Å². The molecule has 0 spiro atoms. The number of carbonyl (C=O) groups is 2. The van der Waals surface area contributed by atoms with Crippen LogP contribution >= 0.6 is 11.6 Å². The predicted molar refractivity (Wildman–Crippen MR) is 129 cm³/mol. The maximum absolute atomic E-state index is 12.8. The summed E-state index contributed by atoms with van der Waals surface area (Å²) in [6.45, 7) is 3.63. The Labute approximate surface area is 197 Å². The van der Waals surface area contributed by atoms with Crippen LogP contribution in [0.15, 0.2) is 59.5 Å². The first-order chi connectivity index (χ1) is 15.6. The number of para-hydroxylation sites is 1. The van der Waals surface area contributed by atoms with Crippen molar-refractivity contribution in [3.05, 3.63) is 70.1 Å². The van der Waals surface area contributed by atoms with E-state index in [0.717, 1.165) is 0 Å². The highest BCUT2D eigenvalue weighted by Gasteiger charge is 2.27. The summed E-state index contributed by atoms with van der Waals surface area (Å²) in [7, 11) is 3.23. The van der Waals surface area contributed by atoms with E-state index in [0.29, 0.717) is 22.1 Å². The molecule has 3 rings (SSSR count). The Kier molecular flexibility index (Phi) is 7.28. The maximum Gasteiger partial charge on any atom is 0.295 e. The number of methoxy groups -OCH3 is 1. The molecule has 0 bridgehead atoms. The lowest BCUT2D eigenvalue weighted by Crippen LogP contribution is -2.29. The Hall–Kier alpha value is -3.52. The fourth-order valence-electron chi connectivity index (χ4n) is 3.61. The van der Waals surface area contributed by atoms with Crippen molar-refractivity contribution in [1.82, 2.24) is 9.36 Å². The zero-order valence-electron chi connectivity index (χ0n) is 19.0. The number of halogens is 1. The summed E-state index contributed by atoms with van der Waals surface area (Å²) in [5.41, 5.74) is 0.337. The minimum absolute atomic E-state index is 0.0484. The number of benzene rings is 2. The number of carbonyl (C=O) groups excluding carboxylic acids is 2. The Morgan fingerprint density at radius 2 is 1.61 bits per heavy atom. The summed E-state index contributed by atoms with van der Waals surface area (Å²) in [6, 6.07) is 14.1. The van der Waals surface area contributed by atoms with E-state index in [-0.39, 0.29) is 35.9 Å².